The van der Waals surface area contributed by atoms with Gasteiger partial charge in [-0.15, -0.1) is 0 Å². The molecule has 1 amide bonds. The molecule has 6 nitrogen and oxygen atoms in total. The van der Waals surface area contributed by atoms with Crippen LogP contribution in [-0.2, 0) is 14.8 Å². The van der Waals surface area contributed by atoms with Crippen LogP contribution < -0.4 is 10.0 Å². The third-order valence-corrected chi connectivity index (χ3v) is 7.34. The van der Waals surface area contributed by atoms with Crippen LogP contribution in [0.4, 0.5) is 5.69 Å². The molecule has 1 aromatic heterocycles. The number of nitrogens with zero attached hydrogens (tertiary/aromatic N) is 1. The van der Waals surface area contributed by atoms with Crippen molar-refractivity contribution in [1.29, 1.82) is 0 Å². The molecular weight excluding hydrogens is 362 g/mol. The number of anilines is 1. The summed E-state index contributed by atoms with van der Waals surface area (Å²) in [5.41, 5.74) is 1.58. The monoisotopic (exact) mass is 389 g/mol. The van der Waals surface area contributed by atoms with Gasteiger partial charge in [-0.2, -0.15) is 0 Å². The zero-order valence-corrected chi connectivity index (χ0v) is 16.8. The highest BCUT2D eigenvalue weighted by molar-refractivity contribution is 7.90. The number of hydrogen-bond donors (Lipinski definition) is 2. The number of rotatable bonds is 4. The number of nitrogens with one attached hydrogen (secondary N) is 2. The number of amides is 1. The summed E-state index contributed by atoms with van der Waals surface area (Å²) in [6.45, 7) is 5.06. The fourth-order valence-electron chi connectivity index (χ4n) is 3.25. The van der Waals surface area contributed by atoms with Gasteiger partial charge in [0, 0.05) is 17.3 Å². The predicted octanol–water partition coefficient (Wildman–Crippen LogP) is 3.45. The highest BCUT2D eigenvalue weighted by atomic mass is 32.2. The molecule has 0 aliphatic heterocycles. The molecule has 27 heavy (non-hydrogen) atoms. The molecule has 1 heterocycles. The summed E-state index contributed by atoms with van der Waals surface area (Å²) in [6.07, 6.45) is 4.35. The summed E-state index contributed by atoms with van der Waals surface area (Å²) in [5.74, 6) is -0.129. The van der Waals surface area contributed by atoms with E-state index in [2.05, 4.69) is 15.0 Å². The molecule has 0 saturated heterocycles. The maximum Gasteiger partial charge on any atom is 0.227 e. The molecule has 1 saturated carbocycles. The van der Waals surface area contributed by atoms with Crippen molar-refractivity contribution >= 4 is 32.5 Å². The number of hydrogen-bond acceptors (Lipinski definition) is 4. The fraction of sp³-hybridized carbons (Fsp3) is 0.500. The Hall–Kier alpha value is -1.99. The first-order chi connectivity index (χ1) is 12.7. The maximum atomic E-state index is 12.6. The second-order valence-electron chi connectivity index (χ2n) is 8.19. The van der Waals surface area contributed by atoms with E-state index in [1.165, 1.54) is 0 Å². The van der Waals surface area contributed by atoms with E-state index in [4.69, 9.17) is 0 Å². The number of sulfonamides is 1. The van der Waals surface area contributed by atoms with Crippen LogP contribution in [0.1, 0.15) is 46.5 Å². The van der Waals surface area contributed by atoms with E-state index >= 15 is 0 Å². The molecule has 1 aliphatic rings. The highest BCUT2D eigenvalue weighted by Crippen LogP contribution is 2.27. The van der Waals surface area contributed by atoms with Crippen LogP contribution in [0.25, 0.3) is 10.9 Å². The fourth-order valence-corrected chi connectivity index (χ4v) is 4.28. The van der Waals surface area contributed by atoms with Gasteiger partial charge in [0.05, 0.1) is 22.1 Å². The lowest BCUT2D eigenvalue weighted by Crippen LogP contribution is -2.46. The summed E-state index contributed by atoms with van der Waals surface area (Å²) in [4.78, 5) is 16.9. The minimum Gasteiger partial charge on any atom is -0.324 e. The van der Waals surface area contributed by atoms with Crippen molar-refractivity contribution in [3.63, 3.8) is 0 Å². The molecule has 0 spiro atoms. The Bertz CT molecular complexity index is 927. The van der Waals surface area contributed by atoms with Crippen molar-refractivity contribution in [1.82, 2.24) is 9.71 Å². The van der Waals surface area contributed by atoms with E-state index in [1.54, 1.807) is 27.0 Å². The van der Waals surface area contributed by atoms with E-state index in [-0.39, 0.29) is 17.9 Å². The van der Waals surface area contributed by atoms with Gasteiger partial charge in [-0.05, 0) is 58.6 Å². The largest absolute Gasteiger partial charge is 0.324 e. The first-order valence-corrected chi connectivity index (χ1v) is 10.8. The molecule has 1 aromatic carbocycles. The quantitative estimate of drug-likeness (QED) is 0.838. The van der Waals surface area contributed by atoms with E-state index < -0.39 is 14.8 Å². The molecule has 146 valence electrons. The van der Waals surface area contributed by atoms with Crippen molar-refractivity contribution in [3.8, 4) is 0 Å². The van der Waals surface area contributed by atoms with Gasteiger partial charge in [-0.25, -0.2) is 13.1 Å². The van der Waals surface area contributed by atoms with Gasteiger partial charge in [0.2, 0.25) is 15.9 Å². The van der Waals surface area contributed by atoms with E-state index in [0.29, 0.717) is 31.4 Å². The Labute approximate surface area is 160 Å². The summed E-state index contributed by atoms with van der Waals surface area (Å²) in [5, 5.41) is 3.93. The SMILES string of the molecule is CC(C)(C)S(=O)(=O)N[C@H]1CC[C@H](C(=O)Nc2cnc3ccccc3c2)CC1. The zero-order valence-electron chi connectivity index (χ0n) is 16.0. The first kappa shape index (κ1) is 19.8. The molecule has 0 atom stereocenters. The maximum absolute atomic E-state index is 12.6. The van der Waals surface area contributed by atoms with Gasteiger partial charge < -0.3 is 5.32 Å². The molecule has 0 unspecified atom stereocenters. The lowest BCUT2D eigenvalue weighted by Gasteiger charge is -2.30. The standard InChI is InChI=1S/C20H27N3O3S/c1-20(2,3)27(25,26)23-16-10-8-14(9-11-16)19(24)22-17-12-15-6-4-5-7-18(15)21-13-17/h4-7,12-14,16,23H,8-11H2,1-3H3,(H,22,24)/t14-,16-. The summed E-state index contributed by atoms with van der Waals surface area (Å²) >= 11 is 0. The van der Waals surface area contributed by atoms with E-state index in [1.807, 2.05) is 30.3 Å². The van der Waals surface area contributed by atoms with Gasteiger partial charge in [-0.1, -0.05) is 18.2 Å². The molecule has 0 radical (unpaired) electrons. The molecular formula is C20H27N3O3S. The van der Waals surface area contributed by atoms with Gasteiger partial charge in [0.15, 0.2) is 0 Å². The highest BCUT2D eigenvalue weighted by Gasteiger charge is 2.34. The van der Waals surface area contributed by atoms with Gasteiger partial charge >= 0.3 is 0 Å². The van der Waals surface area contributed by atoms with Crippen LogP contribution in [0.5, 0.6) is 0 Å². The Balaban J connectivity index is 1.56. The summed E-state index contributed by atoms with van der Waals surface area (Å²) in [6, 6.07) is 9.59. The smallest absolute Gasteiger partial charge is 0.227 e. The number of carbonyl (C=O) groups excluding carboxylic acids is 1. The molecule has 1 fully saturated rings. The Morgan fingerprint density at radius 1 is 1.11 bits per heavy atom. The summed E-state index contributed by atoms with van der Waals surface area (Å²) < 4.78 is 26.5. The number of para-hydroxylation sites is 1. The third-order valence-electron chi connectivity index (χ3n) is 5.08. The molecule has 3 rings (SSSR count). The van der Waals surface area contributed by atoms with Gasteiger partial charge in [0.25, 0.3) is 0 Å². The van der Waals surface area contributed by atoms with Crippen molar-refractivity contribution in [3.05, 3.63) is 36.5 Å². The van der Waals surface area contributed by atoms with Crippen molar-refractivity contribution in [2.45, 2.75) is 57.2 Å². The van der Waals surface area contributed by atoms with Crippen LogP contribution in [0.15, 0.2) is 36.5 Å². The minimum atomic E-state index is -3.36. The first-order valence-electron chi connectivity index (χ1n) is 9.33. The van der Waals surface area contributed by atoms with Crippen LogP contribution in [0.3, 0.4) is 0 Å². The Kier molecular flexibility index (Phi) is 5.53. The van der Waals surface area contributed by atoms with Crippen molar-refractivity contribution in [2.24, 2.45) is 5.92 Å². The van der Waals surface area contributed by atoms with Gasteiger partial charge in [0.1, 0.15) is 0 Å². The third kappa shape index (κ3) is 4.65. The van der Waals surface area contributed by atoms with Crippen LogP contribution in [-0.4, -0.2) is 30.1 Å². The van der Waals surface area contributed by atoms with Crippen molar-refractivity contribution < 1.29 is 13.2 Å². The topological polar surface area (TPSA) is 88.2 Å². The zero-order chi connectivity index (χ0) is 19.7. The average molecular weight is 390 g/mol. The van der Waals surface area contributed by atoms with E-state index in [9.17, 15) is 13.2 Å². The molecule has 2 N–H and O–H groups in total. The minimum absolute atomic E-state index is 0.0239. The molecule has 2 aromatic rings. The second kappa shape index (κ2) is 7.56. The van der Waals surface area contributed by atoms with Crippen LogP contribution >= 0.6 is 0 Å². The normalized spacial score (nSPS) is 21.1. The average Bonchev–Trinajstić information content (AvgIpc) is 2.61. The second-order valence-corrected chi connectivity index (χ2v) is 10.7. The number of pyridine rings is 1. The Morgan fingerprint density at radius 3 is 2.44 bits per heavy atom. The lowest BCUT2D eigenvalue weighted by atomic mass is 9.86. The van der Waals surface area contributed by atoms with Crippen LogP contribution in [0.2, 0.25) is 0 Å². The predicted molar refractivity (Wildman–Crippen MR) is 108 cm³/mol. The van der Waals surface area contributed by atoms with Crippen LogP contribution in [0, 0.1) is 5.92 Å². The van der Waals surface area contributed by atoms with Gasteiger partial charge in [-0.3, -0.25) is 9.78 Å². The summed E-state index contributed by atoms with van der Waals surface area (Å²) in [7, 11) is -3.36. The number of benzene rings is 1. The Morgan fingerprint density at radius 2 is 1.78 bits per heavy atom. The number of fused-ring (bicyclic) bond motifs is 1. The van der Waals surface area contributed by atoms with Crippen molar-refractivity contribution in [2.75, 3.05) is 5.32 Å². The number of carbonyl (C=O) groups is 1. The number of aromatic nitrogens is 1. The molecule has 7 heteroatoms. The lowest BCUT2D eigenvalue weighted by molar-refractivity contribution is -0.120. The van der Waals surface area contributed by atoms with E-state index in [0.717, 1.165) is 10.9 Å². The molecule has 0 bridgehead atoms. The molecule has 1 aliphatic carbocycles.